The van der Waals surface area contributed by atoms with Crippen molar-refractivity contribution < 1.29 is 32.7 Å². The van der Waals surface area contributed by atoms with Crippen molar-refractivity contribution in [3.8, 4) is 11.3 Å². The van der Waals surface area contributed by atoms with E-state index in [4.69, 9.17) is 0 Å². The Bertz CT molecular complexity index is 2260. The van der Waals surface area contributed by atoms with Crippen molar-refractivity contribution in [1.82, 2.24) is 35.0 Å². The molecule has 4 N–H and O–H groups in total. The minimum Gasteiger partial charge on any atom is -0.477 e. The molecule has 2 aromatic heterocycles. The molecular formula is C33H31N7O8S4. The first-order valence-electron chi connectivity index (χ1n) is 15.5. The van der Waals surface area contributed by atoms with Gasteiger partial charge in [-0.25, -0.2) is 17.5 Å². The standard InChI is InChI=1S/C33H31N7O8S4/c1-17-37-38-33(51-17)50-16-20-15-49-31-25(30(44)40(31)26(20)32(45)46)36-29(43)24(19-7-5-4-6-8-19)35-28(42)22-13-14-23(34-27(22)41)18-9-11-21(12-10-18)52(47,48)39(2)3/h4-14,24-25,31H,15-16H2,1-3H3,(H,34,41)(H,35,42)(H,36,43)(H,45,46)/t24?,25?,31-/m0/s1. The number of aliphatic carboxylic acids is 1. The molecule has 0 saturated carbocycles. The van der Waals surface area contributed by atoms with E-state index in [2.05, 4.69) is 25.8 Å². The van der Waals surface area contributed by atoms with Crippen molar-refractivity contribution in [2.75, 3.05) is 25.6 Å². The van der Waals surface area contributed by atoms with Gasteiger partial charge in [0.15, 0.2) is 4.34 Å². The molecule has 0 spiro atoms. The van der Waals surface area contributed by atoms with Crippen LogP contribution in [-0.4, -0.2) is 98.6 Å². The highest BCUT2D eigenvalue weighted by Gasteiger charge is 2.54. The van der Waals surface area contributed by atoms with E-state index < -0.39 is 56.7 Å². The Morgan fingerprint density at radius 3 is 2.38 bits per heavy atom. The highest BCUT2D eigenvalue weighted by atomic mass is 32.2. The third-order valence-corrected chi connectivity index (χ3v) is 13.4. The fourth-order valence-electron chi connectivity index (χ4n) is 5.51. The molecule has 1 saturated heterocycles. The number of amides is 3. The Labute approximate surface area is 310 Å². The average molecular weight is 782 g/mol. The van der Waals surface area contributed by atoms with Gasteiger partial charge in [-0.3, -0.25) is 24.1 Å². The van der Waals surface area contributed by atoms with Crippen LogP contribution in [0.15, 0.2) is 92.0 Å². The molecule has 0 radical (unpaired) electrons. The SMILES string of the molecule is Cc1nnc(SCC2=C(C(=O)O)N3C(=O)C(NC(=O)C(NC(=O)c4ccc(-c5ccc(S(=O)(=O)N(C)C)cc5)[nH]c4=O)c4ccccc4)[C@@H]3SC2)s1. The average Bonchev–Trinajstić information content (AvgIpc) is 3.56. The smallest absolute Gasteiger partial charge is 0.352 e. The molecule has 1 fully saturated rings. The van der Waals surface area contributed by atoms with Crippen LogP contribution in [0.1, 0.15) is 27.0 Å². The van der Waals surface area contributed by atoms with Crippen LogP contribution in [0.4, 0.5) is 0 Å². The number of carboxylic acid groups (broad SMARTS) is 1. The van der Waals surface area contributed by atoms with Gasteiger partial charge < -0.3 is 20.7 Å². The lowest BCUT2D eigenvalue weighted by Crippen LogP contribution is -2.71. The number of nitrogens with zero attached hydrogens (tertiary/aromatic N) is 4. The molecular weight excluding hydrogens is 751 g/mol. The number of aryl methyl sites for hydroxylation is 1. The molecule has 2 unspecified atom stereocenters. The van der Waals surface area contributed by atoms with Crippen LogP contribution in [0, 0.1) is 6.92 Å². The maximum absolute atomic E-state index is 13.8. The molecule has 15 nitrogen and oxygen atoms in total. The molecule has 2 aromatic carbocycles. The van der Waals surface area contributed by atoms with E-state index in [1.807, 2.05) is 6.92 Å². The van der Waals surface area contributed by atoms with Crippen molar-refractivity contribution >= 4 is 68.6 Å². The number of rotatable bonds is 12. The zero-order chi connectivity index (χ0) is 37.3. The molecule has 2 aliphatic rings. The van der Waals surface area contributed by atoms with Crippen LogP contribution in [0.3, 0.4) is 0 Å². The number of aromatic amines is 1. The first-order valence-corrected chi connectivity index (χ1v) is 19.8. The number of hydrogen-bond acceptors (Lipinski definition) is 12. The molecule has 6 rings (SSSR count). The van der Waals surface area contributed by atoms with Crippen molar-refractivity contribution in [2.45, 2.75) is 33.6 Å². The Morgan fingerprint density at radius 2 is 1.77 bits per heavy atom. The number of fused-ring (bicyclic) bond motifs is 1. The minimum atomic E-state index is -3.65. The van der Waals surface area contributed by atoms with E-state index in [9.17, 15) is 37.5 Å². The largest absolute Gasteiger partial charge is 0.477 e. The lowest BCUT2D eigenvalue weighted by atomic mass is 10.0. The summed E-state index contributed by atoms with van der Waals surface area (Å²) < 4.78 is 26.6. The molecule has 4 heterocycles. The van der Waals surface area contributed by atoms with Crippen LogP contribution < -0.4 is 16.2 Å². The van der Waals surface area contributed by atoms with Crippen LogP contribution in [0.25, 0.3) is 11.3 Å². The summed E-state index contributed by atoms with van der Waals surface area (Å²) in [5.41, 5.74) is 0.593. The van der Waals surface area contributed by atoms with E-state index >= 15 is 0 Å². The summed E-state index contributed by atoms with van der Waals surface area (Å²) in [6, 6.07) is 14.5. The Balaban J connectivity index is 1.17. The number of carboxylic acids is 1. The molecule has 0 aliphatic carbocycles. The summed E-state index contributed by atoms with van der Waals surface area (Å²) in [5, 5.41) is 23.5. The van der Waals surface area contributed by atoms with E-state index in [1.165, 1.54) is 90.3 Å². The predicted molar refractivity (Wildman–Crippen MR) is 195 cm³/mol. The molecule has 3 atom stereocenters. The van der Waals surface area contributed by atoms with Gasteiger partial charge in [-0.05, 0) is 47.9 Å². The first-order chi connectivity index (χ1) is 24.8. The van der Waals surface area contributed by atoms with E-state index in [0.717, 1.165) is 9.31 Å². The maximum atomic E-state index is 13.8. The Hall–Kier alpha value is -4.82. The highest BCUT2D eigenvalue weighted by Crippen LogP contribution is 2.42. The molecule has 0 bridgehead atoms. The second-order valence-electron chi connectivity index (χ2n) is 11.8. The highest BCUT2D eigenvalue weighted by molar-refractivity contribution is 8.01. The summed E-state index contributed by atoms with van der Waals surface area (Å²) in [5.74, 6) is -2.84. The van der Waals surface area contributed by atoms with Crippen molar-refractivity contribution in [3.63, 3.8) is 0 Å². The number of carbonyl (C=O) groups is 4. The first kappa shape index (κ1) is 37.0. The van der Waals surface area contributed by atoms with Gasteiger partial charge in [0.1, 0.15) is 33.7 Å². The fraction of sp³-hybridized carbons (Fsp3) is 0.242. The number of hydrogen-bond donors (Lipinski definition) is 4. The van der Waals surface area contributed by atoms with Gasteiger partial charge in [0.2, 0.25) is 15.9 Å². The fourth-order valence-corrected chi connectivity index (χ4v) is 9.71. The molecule has 270 valence electrons. The van der Waals surface area contributed by atoms with E-state index in [-0.39, 0.29) is 16.2 Å². The van der Waals surface area contributed by atoms with Gasteiger partial charge in [-0.1, -0.05) is 65.6 Å². The third-order valence-electron chi connectivity index (χ3n) is 8.19. The van der Waals surface area contributed by atoms with Gasteiger partial charge in [0.25, 0.3) is 17.4 Å². The Kier molecular flexibility index (Phi) is 10.7. The second-order valence-corrected chi connectivity index (χ2v) is 17.4. The molecule has 4 aromatic rings. The minimum absolute atomic E-state index is 0.0708. The summed E-state index contributed by atoms with van der Waals surface area (Å²) >= 11 is 4.03. The normalized spacial score (nSPS) is 17.7. The van der Waals surface area contributed by atoms with Gasteiger partial charge >= 0.3 is 5.97 Å². The monoisotopic (exact) mass is 781 g/mol. The van der Waals surface area contributed by atoms with Gasteiger partial charge in [-0.15, -0.1) is 22.0 Å². The third kappa shape index (κ3) is 7.40. The van der Waals surface area contributed by atoms with Crippen molar-refractivity contribution in [3.05, 3.63) is 104 Å². The van der Waals surface area contributed by atoms with Crippen LogP contribution in [-0.2, 0) is 24.4 Å². The van der Waals surface area contributed by atoms with Crippen LogP contribution >= 0.6 is 34.9 Å². The zero-order valence-electron chi connectivity index (χ0n) is 27.7. The van der Waals surface area contributed by atoms with Crippen molar-refractivity contribution in [1.29, 1.82) is 0 Å². The van der Waals surface area contributed by atoms with Crippen molar-refractivity contribution in [2.24, 2.45) is 0 Å². The molecule has 3 amide bonds. The van der Waals surface area contributed by atoms with Crippen LogP contribution in [0.5, 0.6) is 0 Å². The number of carbonyl (C=O) groups excluding carboxylic acids is 3. The van der Waals surface area contributed by atoms with Crippen LogP contribution in [0.2, 0.25) is 0 Å². The number of sulfonamides is 1. The number of aromatic nitrogens is 3. The van der Waals surface area contributed by atoms with Gasteiger partial charge in [-0.2, -0.15) is 0 Å². The van der Waals surface area contributed by atoms with E-state index in [1.54, 1.807) is 30.3 Å². The quantitative estimate of drug-likeness (QED) is 0.121. The molecule has 52 heavy (non-hydrogen) atoms. The topological polar surface area (TPSA) is 212 Å². The number of benzene rings is 2. The summed E-state index contributed by atoms with van der Waals surface area (Å²) in [6.07, 6.45) is 0. The molecule has 19 heteroatoms. The second kappa shape index (κ2) is 15.0. The van der Waals surface area contributed by atoms with E-state index in [0.29, 0.717) is 38.2 Å². The number of pyridine rings is 1. The number of nitrogens with one attached hydrogen (secondary N) is 3. The molecule has 2 aliphatic heterocycles. The van der Waals surface area contributed by atoms with Gasteiger partial charge in [0.05, 0.1) is 4.90 Å². The number of H-pyrrole nitrogens is 1. The maximum Gasteiger partial charge on any atom is 0.352 e. The lowest BCUT2D eigenvalue weighted by molar-refractivity contribution is -0.151. The zero-order valence-corrected chi connectivity index (χ0v) is 31.0. The summed E-state index contributed by atoms with van der Waals surface area (Å²) in [4.78, 5) is 69.9. The lowest BCUT2D eigenvalue weighted by Gasteiger charge is -2.49. The number of thioether (sulfide) groups is 2. The summed E-state index contributed by atoms with van der Waals surface area (Å²) in [6.45, 7) is 1.82. The van der Waals surface area contributed by atoms with Gasteiger partial charge in [0, 0.05) is 31.3 Å². The number of β-lactam (4-membered cyclic amide) rings is 1. The summed E-state index contributed by atoms with van der Waals surface area (Å²) in [7, 11) is -0.817. The Morgan fingerprint density at radius 1 is 1.06 bits per heavy atom. The predicted octanol–water partition coefficient (Wildman–Crippen LogP) is 2.45.